The van der Waals surface area contributed by atoms with Crippen LogP contribution in [0.4, 0.5) is 0 Å². The van der Waals surface area contributed by atoms with Crippen LogP contribution >= 0.6 is 11.8 Å². The maximum absolute atomic E-state index is 12.2. The molecular formula is C16H20N2O3S2. The summed E-state index contributed by atoms with van der Waals surface area (Å²) in [6.45, 7) is 4.63. The molecule has 1 aromatic carbocycles. The average Bonchev–Trinajstić information content (AvgIpc) is 2.89. The Morgan fingerprint density at radius 2 is 2.17 bits per heavy atom. The molecule has 3 rings (SSSR count). The highest BCUT2D eigenvalue weighted by molar-refractivity contribution is 8.15. The van der Waals surface area contributed by atoms with E-state index in [-0.39, 0.29) is 35.1 Å². The maximum atomic E-state index is 12.2. The van der Waals surface area contributed by atoms with E-state index < -0.39 is 9.84 Å². The molecule has 1 amide bonds. The number of aryl methyl sites for hydroxylation is 1. The highest BCUT2D eigenvalue weighted by atomic mass is 32.2. The molecule has 1 aromatic rings. The van der Waals surface area contributed by atoms with Gasteiger partial charge in [-0.3, -0.25) is 4.79 Å². The summed E-state index contributed by atoms with van der Waals surface area (Å²) in [6, 6.07) is 7.79. The Balaban J connectivity index is 1.74. The zero-order chi connectivity index (χ0) is 16.6. The number of rotatable bonds is 3. The van der Waals surface area contributed by atoms with Gasteiger partial charge in [-0.25, -0.2) is 8.42 Å². The van der Waals surface area contributed by atoms with Gasteiger partial charge < -0.3 is 4.90 Å². The second-order valence-electron chi connectivity index (χ2n) is 6.04. The normalized spacial score (nSPS) is 27.4. The molecule has 7 heteroatoms. The van der Waals surface area contributed by atoms with E-state index in [4.69, 9.17) is 0 Å². The van der Waals surface area contributed by atoms with E-state index in [0.29, 0.717) is 11.7 Å². The predicted molar refractivity (Wildman–Crippen MR) is 93.5 cm³/mol. The molecule has 0 aliphatic carbocycles. The fourth-order valence-corrected chi connectivity index (χ4v) is 7.18. The van der Waals surface area contributed by atoms with Crippen molar-refractivity contribution in [2.24, 2.45) is 4.99 Å². The lowest BCUT2D eigenvalue weighted by molar-refractivity contribution is -0.117. The molecule has 2 saturated heterocycles. The lowest BCUT2D eigenvalue weighted by Gasteiger charge is -2.22. The molecule has 2 aliphatic heterocycles. The largest absolute Gasteiger partial charge is 0.346 e. The molecule has 2 fully saturated rings. The molecule has 0 spiro atoms. The van der Waals surface area contributed by atoms with E-state index in [1.54, 1.807) is 0 Å². The fourth-order valence-electron chi connectivity index (χ4n) is 3.15. The van der Waals surface area contributed by atoms with Gasteiger partial charge in [0.15, 0.2) is 15.0 Å². The van der Waals surface area contributed by atoms with Crippen molar-refractivity contribution in [1.82, 2.24) is 4.90 Å². The van der Waals surface area contributed by atoms with Crippen LogP contribution in [0, 0.1) is 6.92 Å². The molecule has 0 N–H and O–H groups in total. The summed E-state index contributed by atoms with van der Waals surface area (Å²) in [7, 11) is -2.96. The summed E-state index contributed by atoms with van der Waals surface area (Å²) in [5, 5.41) is 0.681. The van der Waals surface area contributed by atoms with Crippen molar-refractivity contribution in [2.75, 3.05) is 18.1 Å². The monoisotopic (exact) mass is 352 g/mol. The number of aliphatic imine (C=N–C) groups is 1. The number of fused-ring (bicyclic) bond motifs is 1. The van der Waals surface area contributed by atoms with Crippen LogP contribution in [0.25, 0.3) is 0 Å². The van der Waals surface area contributed by atoms with Crippen molar-refractivity contribution in [3.8, 4) is 0 Å². The van der Waals surface area contributed by atoms with Gasteiger partial charge in [0, 0.05) is 11.8 Å². The summed E-state index contributed by atoms with van der Waals surface area (Å²) < 4.78 is 23.5. The van der Waals surface area contributed by atoms with Crippen molar-refractivity contribution in [3.63, 3.8) is 0 Å². The van der Waals surface area contributed by atoms with Crippen LogP contribution in [0.2, 0.25) is 0 Å². The van der Waals surface area contributed by atoms with Gasteiger partial charge in [0.25, 0.3) is 5.91 Å². The van der Waals surface area contributed by atoms with E-state index in [1.165, 1.54) is 11.8 Å². The third-order valence-corrected chi connectivity index (χ3v) is 7.42. The number of benzene rings is 1. The first-order valence-corrected chi connectivity index (χ1v) is 10.4. The van der Waals surface area contributed by atoms with Gasteiger partial charge in [0.1, 0.15) is 0 Å². The first kappa shape index (κ1) is 16.5. The van der Waals surface area contributed by atoms with Crippen molar-refractivity contribution in [3.05, 3.63) is 35.4 Å². The Morgan fingerprint density at radius 1 is 1.39 bits per heavy atom. The van der Waals surface area contributed by atoms with E-state index in [9.17, 15) is 13.2 Å². The van der Waals surface area contributed by atoms with Crippen LogP contribution < -0.4 is 0 Å². The summed E-state index contributed by atoms with van der Waals surface area (Å²) in [5.41, 5.74) is 2.07. The third kappa shape index (κ3) is 3.61. The van der Waals surface area contributed by atoms with Crippen LogP contribution in [0.3, 0.4) is 0 Å². The zero-order valence-corrected chi connectivity index (χ0v) is 14.9. The molecule has 0 bridgehead atoms. The summed E-state index contributed by atoms with van der Waals surface area (Å²) in [5.74, 6) is 0.174. The van der Waals surface area contributed by atoms with Gasteiger partial charge >= 0.3 is 0 Å². The second kappa shape index (κ2) is 6.28. The smallest absolute Gasteiger partial charge is 0.252 e. The molecule has 23 heavy (non-hydrogen) atoms. The number of hydrogen-bond acceptors (Lipinski definition) is 4. The summed E-state index contributed by atoms with van der Waals surface area (Å²) in [6.07, 6.45) is 0.275. The zero-order valence-electron chi connectivity index (χ0n) is 13.2. The number of amides is 1. The van der Waals surface area contributed by atoms with Crippen LogP contribution in [0.1, 0.15) is 18.1 Å². The van der Waals surface area contributed by atoms with Crippen LogP contribution in [-0.4, -0.2) is 53.7 Å². The van der Waals surface area contributed by atoms with Gasteiger partial charge in [0.05, 0.1) is 24.0 Å². The Hall–Kier alpha value is -1.34. The van der Waals surface area contributed by atoms with Crippen molar-refractivity contribution in [2.45, 2.75) is 31.6 Å². The molecule has 5 nitrogen and oxygen atoms in total. The highest BCUT2D eigenvalue weighted by Crippen LogP contribution is 2.37. The van der Waals surface area contributed by atoms with Crippen molar-refractivity contribution in [1.29, 1.82) is 0 Å². The predicted octanol–water partition coefficient (Wildman–Crippen LogP) is 1.65. The fraction of sp³-hybridized carbons (Fsp3) is 0.500. The SMILES string of the molecule is CCN1C(=NC(=O)Cc2cccc(C)c2)SC2CS(=O)(=O)CC21. The van der Waals surface area contributed by atoms with Gasteiger partial charge in [-0.05, 0) is 19.4 Å². The van der Waals surface area contributed by atoms with Gasteiger partial charge in [-0.1, -0.05) is 41.6 Å². The molecule has 124 valence electrons. The van der Waals surface area contributed by atoms with Gasteiger partial charge in [0.2, 0.25) is 0 Å². The number of carbonyl (C=O) groups excluding carboxylic acids is 1. The summed E-state index contributed by atoms with van der Waals surface area (Å²) in [4.78, 5) is 18.5. The lowest BCUT2D eigenvalue weighted by Crippen LogP contribution is -2.37. The minimum Gasteiger partial charge on any atom is -0.346 e. The molecule has 2 heterocycles. The van der Waals surface area contributed by atoms with E-state index in [2.05, 4.69) is 4.99 Å². The van der Waals surface area contributed by atoms with Crippen LogP contribution in [0.15, 0.2) is 29.3 Å². The third-order valence-electron chi connectivity index (χ3n) is 4.17. The number of amidine groups is 1. The number of thioether (sulfide) groups is 1. The minimum absolute atomic E-state index is 0.00506. The molecule has 0 saturated carbocycles. The van der Waals surface area contributed by atoms with E-state index in [1.807, 2.05) is 43.0 Å². The lowest BCUT2D eigenvalue weighted by atomic mass is 10.1. The second-order valence-corrected chi connectivity index (χ2v) is 9.40. The molecule has 0 aromatic heterocycles. The highest BCUT2D eigenvalue weighted by Gasteiger charge is 2.48. The number of nitrogens with zero attached hydrogens (tertiary/aromatic N) is 2. The Kier molecular flexibility index (Phi) is 4.51. The quantitative estimate of drug-likeness (QED) is 0.828. The standard InChI is InChI=1S/C16H20N2O3S2/c1-3-18-13-9-23(20,21)10-14(13)22-16(18)17-15(19)8-12-6-4-5-11(2)7-12/h4-7,13-14H,3,8-10H2,1-2H3. The van der Waals surface area contributed by atoms with E-state index in [0.717, 1.165) is 11.1 Å². The first-order chi connectivity index (χ1) is 10.9. The molecule has 2 atom stereocenters. The Labute approximate surface area is 141 Å². The molecular weight excluding hydrogens is 332 g/mol. The number of carbonyl (C=O) groups is 1. The van der Waals surface area contributed by atoms with Crippen LogP contribution in [0.5, 0.6) is 0 Å². The Morgan fingerprint density at radius 3 is 2.87 bits per heavy atom. The number of hydrogen-bond donors (Lipinski definition) is 0. The van der Waals surface area contributed by atoms with Crippen molar-refractivity contribution < 1.29 is 13.2 Å². The van der Waals surface area contributed by atoms with E-state index >= 15 is 0 Å². The average molecular weight is 352 g/mol. The topological polar surface area (TPSA) is 66.8 Å². The first-order valence-electron chi connectivity index (χ1n) is 7.69. The molecule has 2 unspecified atom stereocenters. The van der Waals surface area contributed by atoms with Gasteiger partial charge in [-0.2, -0.15) is 4.99 Å². The minimum atomic E-state index is -2.96. The van der Waals surface area contributed by atoms with Crippen molar-refractivity contribution >= 4 is 32.7 Å². The van der Waals surface area contributed by atoms with Crippen LogP contribution in [-0.2, 0) is 21.1 Å². The number of sulfone groups is 1. The molecule has 0 radical (unpaired) electrons. The van der Waals surface area contributed by atoms with Gasteiger partial charge in [-0.15, -0.1) is 0 Å². The molecule has 2 aliphatic rings. The summed E-state index contributed by atoms with van der Waals surface area (Å²) >= 11 is 1.43. The maximum Gasteiger partial charge on any atom is 0.252 e. The Bertz CT molecular complexity index is 758.